The minimum atomic E-state index is 0.463. The van der Waals surface area contributed by atoms with Crippen LogP contribution in [0.3, 0.4) is 0 Å². The Hall–Kier alpha value is -0.550. The zero-order valence-corrected chi connectivity index (χ0v) is 10.4. The van der Waals surface area contributed by atoms with Crippen molar-refractivity contribution >= 4 is 0 Å². The molecule has 0 radical (unpaired) electrons. The van der Waals surface area contributed by atoms with Gasteiger partial charge >= 0.3 is 0 Å². The fourth-order valence-corrected chi connectivity index (χ4v) is 2.75. The van der Waals surface area contributed by atoms with Gasteiger partial charge in [-0.3, -0.25) is 4.90 Å². The van der Waals surface area contributed by atoms with Crippen LogP contribution in [0.1, 0.15) is 52.4 Å². The Balaban J connectivity index is 2.49. The van der Waals surface area contributed by atoms with E-state index in [4.69, 9.17) is 5.26 Å². The van der Waals surface area contributed by atoms with E-state index in [1.165, 1.54) is 25.7 Å². The Morgan fingerprint density at radius 3 is 2.73 bits per heavy atom. The van der Waals surface area contributed by atoms with Crippen LogP contribution in [-0.4, -0.2) is 24.0 Å². The van der Waals surface area contributed by atoms with Crippen molar-refractivity contribution in [3.63, 3.8) is 0 Å². The van der Waals surface area contributed by atoms with Crippen LogP contribution in [0.15, 0.2) is 0 Å². The monoisotopic (exact) mass is 208 g/mol. The number of hydrogen-bond acceptors (Lipinski definition) is 2. The lowest BCUT2D eigenvalue weighted by Gasteiger charge is -2.38. The topological polar surface area (TPSA) is 27.0 Å². The third kappa shape index (κ3) is 3.50. The first-order valence-corrected chi connectivity index (χ1v) is 6.27. The molecule has 1 rings (SSSR count). The maximum absolute atomic E-state index is 8.79. The molecule has 0 aromatic carbocycles. The third-order valence-electron chi connectivity index (χ3n) is 3.86. The van der Waals surface area contributed by atoms with Gasteiger partial charge in [0.15, 0.2) is 0 Å². The number of rotatable bonds is 4. The minimum absolute atomic E-state index is 0.463. The van der Waals surface area contributed by atoms with Crippen LogP contribution >= 0.6 is 0 Å². The van der Waals surface area contributed by atoms with Gasteiger partial charge in [-0.15, -0.1) is 0 Å². The molecule has 1 aliphatic rings. The summed E-state index contributed by atoms with van der Waals surface area (Å²) in [5.41, 5.74) is 0. The molecule has 1 fully saturated rings. The van der Waals surface area contributed by atoms with E-state index in [1.54, 1.807) is 0 Å². The molecule has 0 spiro atoms. The number of nitrogens with zero attached hydrogens (tertiary/aromatic N) is 2. The van der Waals surface area contributed by atoms with Gasteiger partial charge in [0, 0.05) is 12.1 Å². The highest BCUT2D eigenvalue weighted by Gasteiger charge is 2.25. The van der Waals surface area contributed by atoms with Gasteiger partial charge in [0.2, 0.25) is 0 Å². The quantitative estimate of drug-likeness (QED) is 0.709. The second kappa shape index (κ2) is 6.12. The van der Waals surface area contributed by atoms with E-state index in [0.717, 1.165) is 12.3 Å². The van der Waals surface area contributed by atoms with Crippen LogP contribution < -0.4 is 0 Å². The normalized spacial score (nSPS) is 28.7. The summed E-state index contributed by atoms with van der Waals surface area (Å²) in [5, 5.41) is 8.79. The molecule has 0 aliphatic heterocycles. The Morgan fingerprint density at radius 1 is 1.47 bits per heavy atom. The predicted octanol–water partition coefficient (Wildman–Crippen LogP) is 3.19. The van der Waals surface area contributed by atoms with Crippen LogP contribution in [0.25, 0.3) is 0 Å². The summed E-state index contributed by atoms with van der Waals surface area (Å²) in [4.78, 5) is 2.46. The molecule has 1 saturated carbocycles. The largest absolute Gasteiger partial charge is 0.299 e. The first-order chi connectivity index (χ1) is 7.19. The van der Waals surface area contributed by atoms with Crippen molar-refractivity contribution in [3.8, 4) is 6.07 Å². The molecule has 0 saturated heterocycles. The standard InChI is InChI=1S/C13H24N2/c1-4-12(8-9-14)15(3)13-7-5-6-11(2)10-13/h11-13H,4-8,10H2,1-3H3. The first-order valence-electron chi connectivity index (χ1n) is 6.27. The summed E-state index contributed by atoms with van der Waals surface area (Å²) in [7, 11) is 2.20. The molecule has 1 aliphatic carbocycles. The van der Waals surface area contributed by atoms with Crippen LogP contribution in [0, 0.1) is 17.2 Å². The van der Waals surface area contributed by atoms with Crippen LogP contribution in [0.4, 0.5) is 0 Å². The van der Waals surface area contributed by atoms with Gasteiger partial charge < -0.3 is 0 Å². The van der Waals surface area contributed by atoms with Crippen LogP contribution in [0.5, 0.6) is 0 Å². The minimum Gasteiger partial charge on any atom is -0.299 e. The lowest BCUT2D eigenvalue weighted by Crippen LogP contribution is -2.42. The SMILES string of the molecule is CCC(CC#N)N(C)C1CCCC(C)C1. The van der Waals surface area contributed by atoms with Crippen LogP contribution in [0.2, 0.25) is 0 Å². The van der Waals surface area contributed by atoms with Crippen molar-refractivity contribution in [3.05, 3.63) is 0 Å². The molecular weight excluding hydrogens is 184 g/mol. The summed E-state index contributed by atoms with van der Waals surface area (Å²) >= 11 is 0. The van der Waals surface area contributed by atoms with Crippen molar-refractivity contribution in [1.29, 1.82) is 5.26 Å². The number of nitriles is 1. The molecule has 15 heavy (non-hydrogen) atoms. The van der Waals surface area contributed by atoms with Crippen molar-refractivity contribution in [2.75, 3.05) is 7.05 Å². The zero-order valence-electron chi connectivity index (χ0n) is 10.4. The Morgan fingerprint density at radius 2 is 2.20 bits per heavy atom. The second-order valence-electron chi connectivity index (χ2n) is 5.02. The van der Waals surface area contributed by atoms with E-state index in [9.17, 15) is 0 Å². The molecular formula is C13H24N2. The zero-order chi connectivity index (χ0) is 11.3. The fraction of sp³-hybridized carbons (Fsp3) is 0.923. The van der Waals surface area contributed by atoms with E-state index < -0.39 is 0 Å². The average Bonchev–Trinajstić information content (AvgIpc) is 2.25. The molecule has 3 atom stereocenters. The predicted molar refractivity (Wildman–Crippen MR) is 63.5 cm³/mol. The van der Waals surface area contributed by atoms with E-state index in [0.29, 0.717) is 18.5 Å². The molecule has 0 amide bonds. The van der Waals surface area contributed by atoms with Gasteiger partial charge in [-0.05, 0) is 32.2 Å². The van der Waals surface area contributed by atoms with E-state index in [-0.39, 0.29) is 0 Å². The van der Waals surface area contributed by atoms with Gasteiger partial charge in [0.25, 0.3) is 0 Å². The average molecular weight is 208 g/mol. The van der Waals surface area contributed by atoms with Crippen LogP contribution in [-0.2, 0) is 0 Å². The lowest BCUT2D eigenvalue weighted by molar-refractivity contribution is 0.117. The third-order valence-corrected chi connectivity index (χ3v) is 3.86. The maximum atomic E-state index is 8.79. The van der Waals surface area contributed by atoms with Gasteiger partial charge in [-0.2, -0.15) is 5.26 Å². The lowest BCUT2D eigenvalue weighted by atomic mass is 9.85. The van der Waals surface area contributed by atoms with Gasteiger partial charge in [-0.25, -0.2) is 0 Å². The molecule has 86 valence electrons. The summed E-state index contributed by atoms with van der Waals surface area (Å²) in [6.45, 7) is 4.54. The highest BCUT2D eigenvalue weighted by Crippen LogP contribution is 2.28. The van der Waals surface area contributed by atoms with Crippen molar-refractivity contribution in [1.82, 2.24) is 4.90 Å². The highest BCUT2D eigenvalue weighted by molar-refractivity contribution is 4.86. The smallest absolute Gasteiger partial charge is 0.0638 e. The van der Waals surface area contributed by atoms with Crippen molar-refractivity contribution in [2.45, 2.75) is 64.5 Å². The summed E-state index contributed by atoms with van der Waals surface area (Å²) in [6.07, 6.45) is 7.16. The van der Waals surface area contributed by atoms with Gasteiger partial charge in [-0.1, -0.05) is 26.7 Å². The van der Waals surface area contributed by atoms with E-state index in [2.05, 4.69) is 31.9 Å². The fourth-order valence-electron chi connectivity index (χ4n) is 2.75. The number of hydrogen-bond donors (Lipinski definition) is 0. The molecule has 2 heteroatoms. The highest BCUT2D eigenvalue weighted by atomic mass is 15.2. The molecule has 3 unspecified atom stereocenters. The molecule has 0 aromatic rings. The second-order valence-corrected chi connectivity index (χ2v) is 5.02. The van der Waals surface area contributed by atoms with E-state index in [1.807, 2.05) is 0 Å². The van der Waals surface area contributed by atoms with Crippen molar-refractivity contribution < 1.29 is 0 Å². The summed E-state index contributed by atoms with van der Waals surface area (Å²) < 4.78 is 0. The summed E-state index contributed by atoms with van der Waals surface area (Å²) in [5.74, 6) is 0.866. The Bertz CT molecular complexity index is 219. The summed E-state index contributed by atoms with van der Waals surface area (Å²) in [6, 6.07) is 3.49. The van der Waals surface area contributed by atoms with E-state index >= 15 is 0 Å². The molecule has 2 nitrogen and oxygen atoms in total. The molecule has 0 bridgehead atoms. The van der Waals surface area contributed by atoms with Gasteiger partial charge in [0.1, 0.15) is 0 Å². The van der Waals surface area contributed by atoms with Crippen molar-refractivity contribution in [2.24, 2.45) is 5.92 Å². The first kappa shape index (κ1) is 12.5. The Kier molecular flexibility index (Phi) is 5.11. The molecule has 0 heterocycles. The molecule has 0 N–H and O–H groups in total. The maximum Gasteiger partial charge on any atom is 0.0638 e. The Labute approximate surface area is 94.3 Å². The molecule has 0 aromatic heterocycles. The van der Waals surface area contributed by atoms with Gasteiger partial charge in [0.05, 0.1) is 12.5 Å².